The maximum Gasteiger partial charge on any atom is 0.416 e. The number of nitrogens with zero attached hydrogens (tertiary/aromatic N) is 1. The predicted octanol–water partition coefficient (Wildman–Crippen LogP) is 1.46. The summed E-state index contributed by atoms with van der Waals surface area (Å²) in [6.07, 6.45) is -6.68. The number of carbonyl (C=O) groups is 1. The van der Waals surface area contributed by atoms with Gasteiger partial charge in [0.2, 0.25) is 5.91 Å². The molecule has 3 rings (SSSR count). The third-order valence-corrected chi connectivity index (χ3v) is 6.18. The minimum Gasteiger partial charge on any atom is -0.390 e. The van der Waals surface area contributed by atoms with Crippen LogP contribution in [0.3, 0.4) is 0 Å². The molecule has 1 aromatic carbocycles. The Morgan fingerprint density at radius 1 is 1.38 bits per heavy atom. The van der Waals surface area contributed by atoms with Crippen molar-refractivity contribution in [3.63, 3.8) is 0 Å². The zero-order valence-electron chi connectivity index (χ0n) is 15.5. The van der Waals surface area contributed by atoms with Gasteiger partial charge in [0, 0.05) is 24.6 Å². The van der Waals surface area contributed by atoms with Gasteiger partial charge < -0.3 is 25.6 Å². The van der Waals surface area contributed by atoms with Crippen LogP contribution in [0, 0.1) is 5.92 Å². The third-order valence-electron chi connectivity index (χ3n) is 4.87. The molecule has 11 heteroatoms. The van der Waals surface area contributed by atoms with Gasteiger partial charge >= 0.3 is 6.18 Å². The van der Waals surface area contributed by atoms with E-state index in [-0.39, 0.29) is 18.0 Å². The van der Waals surface area contributed by atoms with E-state index in [2.05, 4.69) is 15.6 Å². The summed E-state index contributed by atoms with van der Waals surface area (Å²) in [6, 6.07) is 3.94. The molecule has 1 saturated carbocycles. The Bertz CT molecular complexity index is 777. The number of rotatable bonds is 5. The molecule has 29 heavy (non-hydrogen) atoms. The topological polar surface area (TPSA) is 103 Å². The van der Waals surface area contributed by atoms with Crippen LogP contribution in [0.5, 0.6) is 0 Å². The van der Waals surface area contributed by atoms with Gasteiger partial charge in [0.05, 0.1) is 30.2 Å². The van der Waals surface area contributed by atoms with Gasteiger partial charge in [-0.05, 0) is 24.6 Å². The molecule has 1 aromatic rings. The summed E-state index contributed by atoms with van der Waals surface area (Å²) in [4.78, 5) is 16.8. The summed E-state index contributed by atoms with van der Waals surface area (Å²) in [5.74, 6) is -0.893. The quantitative estimate of drug-likeness (QED) is 0.525. The fourth-order valence-electron chi connectivity index (χ4n) is 3.41. The molecule has 1 fully saturated rings. The van der Waals surface area contributed by atoms with E-state index < -0.39 is 41.2 Å². The van der Waals surface area contributed by atoms with E-state index in [9.17, 15) is 28.2 Å². The van der Waals surface area contributed by atoms with Crippen LogP contribution in [0.25, 0.3) is 0 Å². The van der Waals surface area contributed by atoms with Crippen molar-refractivity contribution in [3.8, 4) is 0 Å². The van der Waals surface area contributed by atoms with Gasteiger partial charge in [-0.3, -0.25) is 9.79 Å². The van der Waals surface area contributed by atoms with Gasteiger partial charge in [0.1, 0.15) is 6.10 Å². The van der Waals surface area contributed by atoms with Crippen LogP contribution < -0.4 is 10.6 Å². The molecule has 5 unspecified atom stereocenters. The number of hydrogen-bond acceptors (Lipinski definition) is 7. The summed E-state index contributed by atoms with van der Waals surface area (Å²) < 4.78 is 43.6. The molecule has 0 aromatic heterocycles. The van der Waals surface area contributed by atoms with Crippen molar-refractivity contribution in [3.05, 3.63) is 29.8 Å². The molecule has 1 amide bonds. The number of amidine groups is 1. The first-order valence-corrected chi connectivity index (χ1v) is 9.90. The molecule has 2 aliphatic rings. The molecule has 5 atom stereocenters. The highest BCUT2D eigenvalue weighted by atomic mass is 32.2. The molecule has 160 valence electrons. The number of alkyl halides is 3. The van der Waals surface area contributed by atoms with Crippen molar-refractivity contribution in [2.45, 2.75) is 36.1 Å². The number of anilines is 1. The molecule has 0 radical (unpaired) electrons. The van der Waals surface area contributed by atoms with Gasteiger partial charge in [0.15, 0.2) is 5.17 Å². The van der Waals surface area contributed by atoms with E-state index in [0.717, 1.165) is 12.1 Å². The number of ether oxygens (including phenoxy) is 1. The van der Waals surface area contributed by atoms with Gasteiger partial charge in [-0.25, -0.2) is 0 Å². The van der Waals surface area contributed by atoms with E-state index in [1.165, 1.54) is 31.0 Å². The van der Waals surface area contributed by atoms with Crippen molar-refractivity contribution in [1.82, 2.24) is 5.32 Å². The Morgan fingerprint density at radius 2 is 2.14 bits per heavy atom. The molecular weight excluding hydrogens is 411 g/mol. The summed E-state index contributed by atoms with van der Waals surface area (Å²) in [7, 11) is 1.51. The lowest BCUT2D eigenvalue weighted by atomic mass is 9.81. The van der Waals surface area contributed by atoms with Crippen LogP contribution in [0.4, 0.5) is 18.9 Å². The minimum absolute atomic E-state index is 0.0699. The Morgan fingerprint density at radius 3 is 2.83 bits per heavy atom. The van der Waals surface area contributed by atoms with Gasteiger partial charge in [-0.15, -0.1) is 0 Å². The largest absolute Gasteiger partial charge is 0.416 e. The number of methoxy groups -OCH3 is 1. The number of aliphatic hydroxyl groups excluding tert-OH is 2. The summed E-state index contributed by atoms with van der Waals surface area (Å²) in [6.45, 7) is 0.645. The molecule has 0 saturated heterocycles. The SMILES string of the molecule is COCCNC(=O)C1CC(O)C(O)C2N=C(Nc3cccc(C(F)(F)F)c3)SC12. The number of amides is 1. The number of aliphatic imine (C=N–C) groups is 1. The van der Waals surface area contributed by atoms with Gasteiger partial charge in [-0.1, -0.05) is 17.8 Å². The molecule has 1 heterocycles. The molecule has 1 aliphatic heterocycles. The van der Waals surface area contributed by atoms with Crippen molar-refractivity contribution >= 4 is 28.5 Å². The average molecular weight is 433 g/mol. The number of carbonyl (C=O) groups excluding carboxylic acids is 1. The first-order valence-electron chi connectivity index (χ1n) is 9.02. The fourth-order valence-corrected chi connectivity index (χ4v) is 4.79. The Kier molecular flexibility index (Phi) is 6.72. The number of hydrogen-bond donors (Lipinski definition) is 4. The van der Waals surface area contributed by atoms with Crippen molar-refractivity contribution < 1.29 is 32.9 Å². The molecule has 0 spiro atoms. The van der Waals surface area contributed by atoms with Crippen LogP contribution in [0.15, 0.2) is 29.3 Å². The first-order chi connectivity index (χ1) is 13.7. The number of aliphatic hydroxyl groups is 2. The van der Waals surface area contributed by atoms with E-state index in [1.54, 1.807) is 0 Å². The first kappa shape index (κ1) is 21.9. The second kappa shape index (κ2) is 8.90. The molecule has 7 nitrogen and oxygen atoms in total. The molecular formula is C18H22F3N3O4S. The highest BCUT2D eigenvalue weighted by molar-refractivity contribution is 8.15. The maximum atomic E-state index is 12.9. The third kappa shape index (κ3) is 5.03. The lowest BCUT2D eigenvalue weighted by molar-refractivity contribution is -0.137. The fraction of sp³-hybridized carbons (Fsp3) is 0.556. The normalized spacial score (nSPS) is 29.2. The second-order valence-corrected chi connectivity index (χ2v) is 8.06. The van der Waals surface area contributed by atoms with Crippen molar-refractivity contribution in [2.75, 3.05) is 25.6 Å². The zero-order chi connectivity index (χ0) is 21.2. The predicted molar refractivity (Wildman–Crippen MR) is 103 cm³/mol. The van der Waals surface area contributed by atoms with Crippen LogP contribution in [0.2, 0.25) is 0 Å². The van der Waals surface area contributed by atoms with E-state index in [4.69, 9.17) is 4.74 Å². The molecule has 4 N–H and O–H groups in total. The monoisotopic (exact) mass is 433 g/mol. The zero-order valence-corrected chi connectivity index (χ0v) is 16.3. The minimum atomic E-state index is -4.47. The van der Waals surface area contributed by atoms with E-state index in [1.807, 2.05) is 0 Å². The number of nitrogens with one attached hydrogen (secondary N) is 2. The average Bonchev–Trinajstić information content (AvgIpc) is 3.08. The van der Waals surface area contributed by atoms with Crippen LogP contribution in [0.1, 0.15) is 12.0 Å². The van der Waals surface area contributed by atoms with Crippen molar-refractivity contribution in [1.29, 1.82) is 0 Å². The Labute approximate surface area is 169 Å². The summed E-state index contributed by atoms with van der Waals surface area (Å²) in [5, 5.41) is 25.8. The lowest BCUT2D eigenvalue weighted by Crippen LogP contribution is -2.54. The summed E-state index contributed by atoms with van der Waals surface area (Å²) in [5.41, 5.74) is -0.602. The Balaban J connectivity index is 1.73. The molecule has 0 bridgehead atoms. The van der Waals surface area contributed by atoms with Crippen molar-refractivity contribution in [2.24, 2.45) is 10.9 Å². The Hall–Kier alpha value is -1.82. The number of fused-ring (bicyclic) bond motifs is 1. The van der Waals surface area contributed by atoms with Crippen LogP contribution >= 0.6 is 11.8 Å². The van der Waals surface area contributed by atoms with E-state index in [0.29, 0.717) is 18.3 Å². The van der Waals surface area contributed by atoms with Gasteiger partial charge in [-0.2, -0.15) is 13.2 Å². The lowest BCUT2D eigenvalue weighted by Gasteiger charge is -2.37. The van der Waals surface area contributed by atoms with Crippen LogP contribution in [-0.2, 0) is 15.7 Å². The number of benzene rings is 1. The summed E-state index contributed by atoms with van der Waals surface area (Å²) >= 11 is 1.18. The van der Waals surface area contributed by atoms with Crippen LogP contribution in [-0.4, -0.2) is 65.0 Å². The second-order valence-electron chi connectivity index (χ2n) is 6.89. The molecule has 1 aliphatic carbocycles. The highest BCUT2D eigenvalue weighted by Crippen LogP contribution is 2.41. The highest BCUT2D eigenvalue weighted by Gasteiger charge is 2.50. The van der Waals surface area contributed by atoms with Gasteiger partial charge in [0.25, 0.3) is 0 Å². The standard InChI is InChI=1S/C18H22F3N3O4S/c1-28-6-5-22-16(27)11-8-12(25)14(26)13-15(11)29-17(24-13)23-10-4-2-3-9(7-10)18(19,20)21/h2-4,7,11-15,25-26H,5-6,8H2,1H3,(H,22,27)(H,23,24). The number of thioether (sulfide) groups is 1. The smallest absolute Gasteiger partial charge is 0.390 e. The van der Waals surface area contributed by atoms with E-state index >= 15 is 0 Å². The maximum absolute atomic E-state index is 12.9. The number of halogens is 3.